The second kappa shape index (κ2) is 7.89. The minimum atomic E-state index is 0.249. The first kappa shape index (κ1) is 19.7. The van der Waals surface area contributed by atoms with Gasteiger partial charge in [-0.1, -0.05) is 17.3 Å². The maximum Gasteiger partial charge on any atom is 0.152 e. The number of aryl methyl sites for hydroxylation is 1. The molecule has 0 fully saturated rings. The number of nitrogens with zero attached hydrogens (tertiary/aromatic N) is 9. The molecule has 6 aromatic rings. The van der Waals surface area contributed by atoms with Crippen molar-refractivity contribution in [2.24, 2.45) is 7.05 Å². The van der Waals surface area contributed by atoms with Crippen LogP contribution in [0.15, 0.2) is 67.3 Å². The van der Waals surface area contributed by atoms with Crippen molar-refractivity contribution in [1.82, 2.24) is 49.9 Å². The number of hydrogen-bond acceptors (Lipinski definition) is 8. The fraction of sp³-hybridized carbons (Fsp3) is 0.0870. The summed E-state index contributed by atoms with van der Waals surface area (Å²) in [5.41, 5.74) is 11.9. The largest absolute Gasteiger partial charge is 0.382 e. The molecule has 1 aromatic carbocycles. The zero-order valence-corrected chi connectivity index (χ0v) is 18.2. The number of anilines is 1. The molecule has 0 saturated carbocycles. The second-order valence-corrected chi connectivity index (χ2v) is 7.82. The van der Waals surface area contributed by atoms with Crippen LogP contribution in [0, 0.1) is 0 Å². The van der Waals surface area contributed by atoms with Gasteiger partial charge < -0.3 is 5.73 Å². The SMILES string of the molecule is Cn1ccc(-c2nc(N)c(-c3cn(Cc4ccccn4)nn3)nc2-c2ccc3[nH]ncc3c2)n1. The van der Waals surface area contributed by atoms with Crippen LogP contribution in [-0.4, -0.2) is 49.9 Å². The van der Waals surface area contributed by atoms with Gasteiger partial charge in [0, 0.05) is 30.4 Å². The first-order valence-corrected chi connectivity index (χ1v) is 10.6. The predicted octanol–water partition coefficient (Wildman–Crippen LogP) is 2.70. The monoisotopic (exact) mass is 449 g/mol. The van der Waals surface area contributed by atoms with Gasteiger partial charge in [0.2, 0.25) is 0 Å². The van der Waals surface area contributed by atoms with E-state index in [1.54, 1.807) is 28.0 Å². The maximum atomic E-state index is 6.37. The van der Waals surface area contributed by atoms with Crippen molar-refractivity contribution < 1.29 is 0 Å². The van der Waals surface area contributed by atoms with E-state index < -0.39 is 0 Å². The van der Waals surface area contributed by atoms with Crippen molar-refractivity contribution in [3.05, 3.63) is 72.9 Å². The van der Waals surface area contributed by atoms with E-state index >= 15 is 0 Å². The van der Waals surface area contributed by atoms with Gasteiger partial charge in [0.05, 0.1) is 35.8 Å². The van der Waals surface area contributed by atoms with Gasteiger partial charge in [0.25, 0.3) is 0 Å². The summed E-state index contributed by atoms with van der Waals surface area (Å²) in [5.74, 6) is 0.249. The third-order valence-corrected chi connectivity index (χ3v) is 5.42. The van der Waals surface area contributed by atoms with Crippen molar-refractivity contribution in [2.75, 3.05) is 5.73 Å². The molecule has 5 heterocycles. The normalized spacial score (nSPS) is 11.3. The van der Waals surface area contributed by atoms with Crippen LogP contribution in [0.2, 0.25) is 0 Å². The lowest BCUT2D eigenvalue weighted by atomic mass is 10.1. The number of aromatic amines is 1. The average Bonchev–Trinajstić information content (AvgIpc) is 3.60. The number of nitrogens with two attached hydrogens (primary N) is 1. The highest BCUT2D eigenvalue weighted by atomic mass is 15.4. The Hall–Kier alpha value is -4.93. The van der Waals surface area contributed by atoms with E-state index in [0.717, 1.165) is 22.2 Å². The molecule has 0 spiro atoms. The molecule has 0 aliphatic carbocycles. The Bertz CT molecular complexity index is 1610. The third kappa shape index (κ3) is 3.54. The maximum absolute atomic E-state index is 6.37. The van der Waals surface area contributed by atoms with E-state index in [1.165, 1.54) is 0 Å². The number of H-pyrrole nitrogens is 1. The Kier molecular flexibility index (Phi) is 4.58. The molecule has 0 aliphatic rings. The first-order chi connectivity index (χ1) is 16.6. The van der Waals surface area contributed by atoms with Crippen LogP contribution in [0.25, 0.3) is 44.9 Å². The lowest BCUT2D eigenvalue weighted by Crippen LogP contribution is -2.04. The van der Waals surface area contributed by atoms with Crippen molar-refractivity contribution >= 4 is 16.7 Å². The second-order valence-electron chi connectivity index (χ2n) is 7.82. The molecule has 0 unspecified atom stereocenters. The van der Waals surface area contributed by atoms with Crippen LogP contribution in [0.5, 0.6) is 0 Å². The summed E-state index contributed by atoms with van der Waals surface area (Å²) in [5, 5.41) is 21.1. The molecule has 34 heavy (non-hydrogen) atoms. The summed E-state index contributed by atoms with van der Waals surface area (Å²) in [4.78, 5) is 13.9. The molecular weight excluding hydrogens is 430 g/mol. The molecule has 5 aromatic heterocycles. The Morgan fingerprint density at radius 2 is 1.94 bits per heavy atom. The number of aromatic nitrogens is 10. The van der Waals surface area contributed by atoms with Crippen molar-refractivity contribution in [3.63, 3.8) is 0 Å². The molecule has 0 aliphatic heterocycles. The van der Waals surface area contributed by atoms with Crippen molar-refractivity contribution in [2.45, 2.75) is 6.54 Å². The zero-order chi connectivity index (χ0) is 23.1. The van der Waals surface area contributed by atoms with Gasteiger partial charge in [-0.05, 0) is 30.3 Å². The van der Waals surface area contributed by atoms with E-state index in [2.05, 4.69) is 30.6 Å². The number of nitrogen functional groups attached to an aromatic ring is 1. The number of hydrogen-bond donors (Lipinski definition) is 2. The quantitative estimate of drug-likeness (QED) is 0.409. The Morgan fingerprint density at radius 1 is 1.00 bits per heavy atom. The van der Waals surface area contributed by atoms with Crippen molar-refractivity contribution in [3.8, 4) is 34.0 Å². The van der Waals surface area contributed by atoms with E-state index in [1.807, 2.05) is 55.7 Å². The summed E-state index contributed by atoms with van der Waals surface area (Å²) >= 11 is 0. The molecule has 6 rings (SSSR count). The van der Waals surface area contributed by atoms with Crippen LogP contribution in [0.3, 0.4) is 0 Å². The van der Waals surface area contributed by atoms with Gasteiger partial charge in [-0.2, -0.15) is 10.2 Å². The summed E-state index contributed by atoms with van der Waals surface area (Å²) in [6.45, 7) is 0.483. The third-order valence-electron chi connectivity index (χ3n) is 5.42. The van der Waals surface area contributed by atoms with Gasteiger partial charge in [0.15, 0.2) is 5.82 Å². The molecule has 0 radical (unpaired) electrons. The first-order valence-electron chi connectivity index (χ1n) is 10.6. The summed E-state index contributed by atoms with van der Waals surface area (Å²) in [7, 11) is 1.85. The number of nitrogens with one attached hydrogen (secondary N) is 1. The van der Waals surface area contributed by atoms with Gasteiger partial charge >= 0.3 is 0 Å². The Labute approximate surface area is 193 Å². The molecule has 0 atom stereocenters. The van der Waals surface area contributed by atoms with Gasteiger partial charge in [-0.25, -0.2) is 14.6 Å². The molecule has 0 bridgehead atoms. The molecule has 0 saturated heterocycles. The van der Waals surface area contributed by atoms with E-state index in [-0.39, 0.29) is 5.82 Å². The molecule has 11 heteroatoms. The topological polar surface area (TPSA) is 142 Å². The number of pyridine rings is 1. The molecule has 0 amide bonds. The number of benzene rings is 1. The number of fused-ring (bicyclic) bond motifs is 1. The van der Waals surface area contributed by atoms with Crippen LogP contribution in [0.1, 0.15) is 5.69 Å². The van der Waals surface area contributed by atoms with Crippen molar-refractivity contribution in [1.29, 1.82) is 0 Å². The summed E-state index contributed by atoms with van der Waals surface area (Å²) < 4.78 is 3.41. The van der Waals surface area contributed by atoms with E-state index in [9.17, 15) is 0 Å². The minimum Gasteiger partial charge on any atom is -0.382 e. The summed E-state index contributed by atoms with van der Waals surface area (Å²) in [6.07, 6.45) is 7.16. The molecule has 166 valence electrons. The highest BCUT2D eigenvalue weighted by molar-refractivity contribution is 5.88. The molecule has 11 nitrogen and oxygen atoms in total. The van der Waals surface area contributed by atoms with Crippen LogP contribution in [-0.2, 0) is 13.6 Å². The van der Waals surface area contributed by atoms with E-state index in [0.29, 0.717) is 35.0 Å². The van der Waals surface area contributed by atoms with Gasteiger partial charge in [-0.3, -0.25) is 14.8 Å². The van der Waals surface area contributed by atoms with Crippen LogP contribution < -0.4 is 5.73 Å². The van der Waals surface area contributed by atoms with Crippen LogP contribution >= 0.6 is 0 Å². The lowest BCUT2D eigenvalue weighted by molar-refractivity contribution is 0.639. The minimum absolute atomic E-state index is 0.249. The average molecular weight is 449 g/mol. The Balaban J connectivity index is 1.47. The lowest BCUT2D eigenvalue weighted by Gasteiger charge is -2.10. The predicted molar refractivity (Wildman–Crippen MR) is 126 cm³/mol. The Morgan fingerprint density at radius 3 is 2.76 bits per heavy atom. The molecular formula is C23H19N11. The van der Waals surface area contributed by atoms with Gasteiger partial charge in [-0.15, -0.1) is 5.10 Å². The number of rotatable bonds is 5. The van der Waals surface area contributed by atoms with Crippen LogP contribution in [0.4, 0.5) is 5.82 Å². The smallest absolute Gasteiger partial charge is 0.152 e. The highest BCUT2D eigenvalue weighted by Crippen LogP contribution is 2.33. The fourth-order valence-electron chi connectivity index (χ4n) is 3.79. The highest BCUT2D eigenvalue weighted by Gasteiger charge is 2.20. The van der Waals surface area contributed by atoms with Gasteiger partial charge in [0.1, 0.15) is 22.8 Å². The summed E-state index contributed by atoms with van der Waals surface area (Å²) in [6, 6.07) is 13.6. The zero-order valence-electron chi connectivity index (χ0n) is 18.2. The molecule has 3 N–H and O–H groups in total. The van der Waals surface area contributed by atoms with E-state index in [4.69, 9.17) is 15.7 Å². The standard InChI is InChI=1S/C23H19N11/c1-33-9-7-18(31-33)21-20(14-5-6-17-15(10-14)11-26-29-17)27-22(23(24)28-21)19-13-34(32-30-19)12-16-4-2-3-8-25-16/h2-11,13H,12H2,1H3,(H2,24,28)(H,26,29). The fourth-order valence-corrected chi connectivity index (χ4v) is 3.79.